The van der Waals surface area contributed by atoms with Gasteiger partial charge in [0.15, 0.2) is 0 Å². The first kappa shape index (κ1) is 27.8. The van der Waals surface area contributed by atoms with E-state index in [4.69, 9.17) is 0 Å². The normalized spacial score (nSPS) is 12.3. The van der Waals surface area contributed by atoms with E-state index >= 15 is 0 Å². The Balaban J connectivity index is 2.37. The molecule has 186 valence electrons. The maximum atomic E-state index is 13.6. The molecule has 0 aromatic heterocycles. The predicted molar refractivity (Wildman–Crippen MR) is 138 cm³/mol. The molecule has 2 aromatic rings. The fourth-order valence-electron chi connectivity index (χ4n) is 3.22. The van der Waals surface area contributed by atoms with Gasteiger partial charge in [-0.05, 0) is 43.2 Å². The molecule has 0 saturated carbocycles. The van der Waals surface area contributed by atoms with E-state index in [1.807, 2.05) is 31.2 Å². The number of carbonyl (C=O) groups is 2. The number of hydrogen-bond acceptors (Lipinski definition) is 4. The van der Waals surface area contributed by atoms with Gasteiger partial charge in [-0.15, -0.1) is 0 Å². The summed E-state index contributed by atoms with van der Waals surface area (Å²) >= 11 is 3.40. The third-order valence-corrected chi connectivity index (χ3v) is 7.67. The van der Waals surface area contributed by atoms with Crippen molar-refractivity contribution in [3.8, 4) is 0 Å². The summed E-state index contributed by atoms with van der Waals surface area (Å²) in [5, 5.41) is 2.87. The lowest BCUT2D eigenvalue weighted by Gasteiger charge is -2.32. The molecule has 0 spiro atoms. The van der Waals surface area contributed by atoms with E-state index in [1.54, 1.807) is 37.3 Å². The van der Waals surface area contributed by atoms with Crippen molar-refractivity contribution in [2.24, 2.45) is 0 Å². The van der Waals surface area contributed by atoms with Gasteiger partial charge in [0.1, 0.15) is 12.6 Å². The van der Waals surface area contributed by atoms with Crippen molar-refractivity contribution in [1.82, 2.24) is 14.5 Å². The van der Waals surface area contributed by atoms with Crippen LogP contribution in [-0.2, 0) is 26.3 Å². The van der Waals surface area contributed by atoms with Crippen molar-refractivity contribution in [3.05, 3.63) is 64.6 Å². The molecule has 34 heavy (non-hydrogen) atoms. The predicted octanol–water partition coefficient (Wildman–Crippen LogP) is 3.40. The number of amides is 2. The molecular formula is C24H33BrN4O4S. The highest BCUT2D eigenvalue weighted by Crippen LogP contribution is 2.21. The van der Waals surface area contributed by atoms with Crippen LogP contribution in [0.25, 0.3) is 0 Å². The standard InChI is InChI=1S/C24H33BrN4O4S/c1-5-6-16-26-24(31)19(2)28(17-20-12-14-21(25)15-13-20)23(30)18-29(34(32,33)27(3)4)22-10-8-7-9-11-22/h7-15,19H,5-6,16-18H2,1-4H3,(H,26,31)/t19-/m1/s1. The van der Waals surface area contributed by atoms with Crippen LogP contribution in [0.1, 0.15) is 32.3 Å². The molecule has 2 amide bonds. The highest BCUT2D eigenvalue weighted by atomic mass is 79.9. The quantitative estimate of drug-likeness (QED) is 0.408. The maximum absolute atomic E-state index is 13.6. The van der Waals surface area contributed by atoms with Crippen LogP contribution in [0.15, 0.2) is 59.1 Å². The van der Waals surface area contributed by atoms with Gasteiger partial charge in [0.2, 0.25) is 11.8 Å². The fraction of sp³-hybridized carbons (Fsp3) is 0.417. The molecule has 0 aliphatic rings. The second kappa shape index (κ2) is 12.9. The molecule has 2 aromatic carbocycles. The van der Waals surface area contributed by atoms with Gasteiger partial charge in [0, 0.05) is 31.7 Å². The van der Waals surface area contributed by atoms with Gasteiger partial charge in [-0.3, -0.25) is 9.59 Å². The molecule has 1 N–H and O–H groups in total. The number of nitrogens with zero attached hydrogens (tertiary/aromatic N) is 3. The first-order valence-electron chi connectivity index (χ1n) is 11.1. The summed E-state index contributed by atoms with van der Waals surface area (Å²) in [4.78, 5) is 27.8. The van der Waals surface area contributed by atoms with Crippen LogP contribution >= 0.6 is 15.9 Å². The van der Waals surface area contributed by atoms with E-state index in [-0.39, 0.29) is 12.5 Å². The topological polar surface area (TPSA) is 90.0 Å². The zero-order chi connectivity index (χ0) is 25.3. The minimum absolute atomic E-state index is 0.166. The van der Waals surface area contributed by atoms with Gasteiger partial charge in [0.05, 0.1) is 5.69 Å². The van der Waals surface area contributed by atoms with Gasteiger partial charge in [0.25, 0.3) is 0 Å². The van der Waals surface area contributed by atoms with E-state index in [1.165, 1.54) is 19.0 Å². The summed E-state index contributed by atoms with van der Waals surface area (Å²) in [5.41, 5.74) is 1.19. The van der Waals surface area contributed by atoms with Crippen LogP contribution < -0.4 is 9.62 Å². The number of nitrogens with one attached hydrogen (secondary N) is 1. The van der Waals surface area contributed by atoms with Crippen LogP contribution in [0.3, 0.4) is 0 Å². The van der Waals surface area contributed by atoms with Crippen molar-refractivity contribution < 1.29 is 18.0 Å². The van der Waals surface area contributed by atoms with Crippen LogP contribution in [0.2, 0.25) is 0 Å². The summed E-state index contributed by atoms with van der Waals surface area (Å²) in [5.74, 6) is -0.754. The SMILES string of the molecule is CCCCNC(=O)[C@@H](C)N(Cc1ccc(Br)cc1)C(=O)CN(c1ccccc1)S(=O)(=O)N(C)C. The summed E-state index contributed by atoms with van der Waals surface area (Å²) in [6, 6.07) is 15.1. The minimum Gasteiger partial charge on any atom is -0.354 e. The summed E-state index contributed by atoms with van der Waals surface area (Å²) in [7, 11) is -1.12. The highest BCUT2D eigenvalue weighted by Gasteiger charge is 2.32. The first-order valence-corrected chi connectivity index (χ1v) is 13.3. The van der Waals surface area contributed by atoms with Crippen LogP contribution in [0.5, 0.6) is 0 Å². The van der Waals surface area contributed by atoms with Crippen LogP contribution in [0.4, 0.5) is 5.69 Å². The minimum atomic E-state index is -3.95. The lowest BCUT2D eigenvalue weighted by atomic mass is 10.1. The van der Waals surface area contributed by atoms with Gasteiger partial charge in [-0.1, -0.05) is 59.6 Å². The summed E-state index contributed by atoms with van der Waals surface area (Å²) < 4.78 is 29.1. The van der Waals surface area contributed by atoms with Gasteiger partial charge in [-0.25, -0.2) is 4.31 Å². The number of unbranched alkanes of at least 4 members (excludes halogenated alkanes) is 1. The van der Waals surface area contributed by atoms with Gasteiger partial charge in [-0.2, -0.15) is 12.7 Å². The molecule has 0 saturated heterocycles. The number of anilines is 1. The molecule has 0 aliphatic heterocycles. The summed E-state index contributed by atoms with van der Waals surface area (Å²) in [6.07, 6.45) is 1.77. The zero-order valence-corrected chi connectivity index (χ0v) is 22.5. The zero-order valence-electron chi connectivity index (χ0n) is 20.1. The number of para-hydroxylation sites is 1. The molecule has 0 aliphatic carbocycles. The van der Waals surface area contributed by atoms with Crippen molar-refractivity contribution in [2.75, 3.05) is 31.5 Å². The molecule has 1 atom stereocenters. The molecular weight excluding hydrogens is 520 g/mol. The second-order valence-electron chi connectivity index (χ2n) is 8.10. The Kier molecular flexibility index (Phi) is 10.5. The Bertz CT molecular complexity index is 1050. The molecule has 10 heteroatoms. The second-order valence-corrected chi connectivity index (χ2v) is 11.1. The Morgan fingerprint density at radius 3 is 2.21 bits per heavy atom. The first-order chi connectivity index (χ1) is 16.1. The molecule has 0 fully saturated rings. The summed E-state index contributed by atoms with van der Waals surface area (Å²) in [6.45, 7) is 3.94. The van der Waals surface area contributed by atoms with E-state index < -0.39 is 28.7 Å². The van der Waals surface area contributed by atoms with Gasteiger partial charge >= 0.3 is 10.2 Å². The average Bonchev–Trinajstić information content (AvgIpc) is 2.82. The van der Waals surface area contributed by atoms with E-state index in [2.05, 4.69) is 21.2 Å². The molecule has 0 heterocycles. The number of rotatable bonds is 12. The number of halogens is 1. The monoisotopic (exact) mass is 552 g/mol. The van der Waals surface area contributed by atoms with Crippen molar-refractivity contribution >= 4 is 43.6 Å². The third kappa shape index (κ3) is 7.54. The maximum Gasteiger partial charge on any atom is 0.304 e. The van der Waals surface area contributed by atoms with Crippen molar-refractivity contribution in [1.29, 1.82) is 0 Å². The average molecular weight is 554 g/mol. The Morgan fingerprint density at radius 1 is 1.03 bits per heavy atom. The Labute approximate surface area is 211 Å². The molecule has 8 nitrogen and oxygen atoms in total. The smallest absolute Gasteiger partial charge is 0.304 e. The fourth-order valence-corrected chi connectivity index (χ4v) is 4.54. The van der Waals surface area contributed by atoms with Crippen molar-refractivity contribution in [3.63, 3.8) is 0 Å². The lowest BCUT2D eigenvalue weighted by Crippen LogP contribution is -2.52. The van der Waals surface area contributed by atoms with E-state index in [9.17, 15) is 18.0 Å². The van der Waals surface area contributed by atoms with Crippen molar-refractivity contribution in [2.45, 2.75) is 39.3 Å². The van der Waals surface area contributed by atoms with E-state index in [0.717, 1.165) is 31.5 Å². The number of carbonyl (C=O) groups excluding carboxylic acids is 2. The molecule has 0 unspecified atom stereocenters. The van der Waals surface area contributed by atoms with Crippen LogP contribution in [-0.4, -0.2) is 62.7 Å². The lowest BCUT2D eigenvalue weighted by molar-refractivity contribution is -0.139. The number of benzene rings is 2. The van der Waals surface area contributed by atoms with Gasteiger partial charge < -0.3 is 10.2 Å². The highest BCUT2D eigenvalue weighted by molar-refractivity contribution is 9.10. The molecule has 0 radical (unpaired) electrons. The Morgan fingerprint density at radius 2 is 1.65 bits per heavy atom. The van der Waals surface area contributed by atoms with Crippen LogP contribution in [0, 0.1) is 0 Å². The molecule has 2 rings (SSSR count). The third-order valence-electron chi connectivity index (χ3n) is 5.33. The van der Waals surface area contributed by atoms with E-state index in [0.29, 0.717) is 12.2 Å². The number of hydrogen-bond donors (Lipinski definition) is 1. The largest absolute Gasteiger partial charge is 0.354 e. The Hall–Kier alpha value is -2.43. The molecule has 0 bridgehead atoms.